The molecule has 0 aliphatic heterocycles. The van der Waals surface area contributed by atoms with E-state index in [0.717, 1.165) is 11.3 Å². The first-order chi connectivity index (χ1) is 17.9. The summed E-state index contributed by atoms with van der Waals surface area (Å²) in [6, 6.07) is 6.67. The van der Waals surface area contributed by atoms with Crippen molar-refractivity contribution in [2.45, 2.75) is 46.6 Å². The van der Waals surface area contributed by atoms with Gasteiger partial charge in [0.2, 0.25) is 11.7 Å². The Bertz CT molecular complexity index is 1120. The number of ketones is 2. The largest absolute Gasteiger partial charge is 0.467 e. The highest BCUT2D eigenvalue weighted by Crippen LogP contribution is 2.38. The Morgan fingerprint density at radius 1 is 1.00 bits per heavy atom. The maximum absolute atomic E-state index is 13.2. The molecule has 2 rings (SSSR count). The maximum Gasteiger partial charge on any atom is 0.328 e. The molecular formula is C28H37Cl2N3O5. The summed E-state index contributed by atoms with van der Waals surface area (Å²) in [6.07, 6.45) is 0.113. The minimum absolute atomic E-state index is 0.104. The van der Waals surface area contributed by atoms with Crippen LogP contribution in [0.25, 0.3) is 0 Å². The van der Waals surface area contributed by atoms with E-state index in [-0.39, 0.29) is 35.7 Å². The van der Waals surface area contributed by atoms with Gasteiger partial charge in [-0.25, -0.2) is 4.79 Å². The van der Waals surface area contributed by atoms with Crippen molar-refractivity contribution in [2.75, 3.05) is 43.9 Å². The number of allylic oxidation sites excluding steroid dienone is 3. The standard InChI is InChI=1S/C28H37Cl2N3O5/c1-17-23(26(36)24(31-5)18(2)25(17)35)28(3,4)16-22(34)32-21(27(37)38-6)15-19-7-9-20(10-8-19)33(13-11-29)14-12-30/h7-10,21,31H,11-16H2,1-6H3,(H,32,34)/t21-/m0/s1. The zero-order chi connectivity index (χ0) is 28.6. The highest BCUT2D eigenvalue weighted by atomic mass is 35.5. The fourth-order valence-electron chi connectivity index (χ4n) is 4.81. The van der Waals surface area contributed by atoms with Crippen LogP contribution in [0.2, 0.25) is 0 Å². The molecule has 0 saturated heterocycles. The molecule has 0 unspecified atom stereocenters. The van der Waals surface area contributed by atoms with Crippen LogP contribution >= 0.6 is 23.2 Å². The van der Waals surface area contributed by atoms with E-state index in [1.807, 2.05) is 24.3 Å². The van der Waals surface area contributed by atoms with Crippen LogP contribution in [0.1, 0.15) is 39.7 Å². The van der Waals surface area contributed by atoms with E-state index in [4.69, 9.17) is 27.9 Å². The Hall–Kier alpha value is -2.84. The van der Waals surface area contributed by atoms with E-state index in [1.165, 1.54) is 7.11 Å². The van der Waals surface area contributed by atoms with Crippen LogP contribution in [0.3, 0.4) is 0 Å². The van der Waals surface area contributed by atoms with Crippen molar-refractivity contribution < 1.29 is 23.9 Å². The molecule has 1 amide bonds. The Labute approximate surface area is 234 Å². The number of esters is 1. The second-order valence-electron chi connectivity index (χ2n) is 9.85. The van der Waals surface area contributed by atoms with Crippen LogP contribution in [0.4, 0.5) is 5.69 Å². The Morgan fingerprint density at radius 3 is 2.08 bits per heavy atom. The van der Waals surface area contributed by atoms with Crippen LogP contribution in [0.15, 0.2) is 46.7 Å². The smallest absolute Gasteiger partial charge is 0.328 e. The van der Waals surface area contributed by atoms with Gasteiger partial charge < -0.3 is 20.3 Å². The molecule has 1 atom stereocenters. The molecule has 10 heteroatoms. The zero-order valence-corrected chi connectivity index (χ0v) is 24.4. The van der Waals surface area contributed by atoms with Crippen molar-refractivity contribution in [1.82, 2.24) is 10.6 Å². The zero-order valence-electron chi connectivity index (χ0n) is 22.9. The number of carbonyl (C=O) groups is 4. The number of halogens is 2. The molecule has 0 saturated carbocycles. The predicted molar refractivity (Wildman–Crippen MR) is 151 cm³/mol. The summed E-state index contributed by atoms with van der Waals surface area (Å²) >= 11 is 11.8. The molecule has 0 spiro atoms. The van der Waals surface area contributed by atoms with E-state index in [9.17, 15) is 19.2 Å². The number of nitrogens with one attached hydrogen (secondary N) is 2. The lowest BCUT2D eigenvalue weighted by atomic mass is 9.72. The third kappa shape index (κ3) is 7.38. The van der Waals surface area contributed by atoms with Crippen molar-refractivity contribution in [3.63, 3.8) is 0 Å². The number of ether oxygens (including phenoxy) is 1. The number of anilines is 1. The molecule has 0 fully saturated rings. The van der Waals surface area contributed by atoms with Crippen LogP contribution in [0.5, 0.6) is 0 Å². The van der Waals surface area contributed by atoms with Gasteiger partial charge in [0.1, 0.15) is 6.04 Å². The average Bonchev–Trinajstić information content (AvgIpc) is 2.86. The van der Waals surface area contributed by atoms with Crippen molar-refractivity contribution >= 4 is 52.3 Å². The first-order valence-electron chi connectivity index (χ1n) is 12.4. The number of rotatable bonds is 13. The van der Waals surface area contributed by atoms with Crippen molar-refractivity contribution in [3.8, 4) is 0 Å². The predicted octanol–water partition coefficient (Wildman–Crippen LogP) is 3.55. The maximum atomic E-state index is 13.2. The minimum atomic E-state index is -0.958. The lowest BCUT2D eigenvalue weighted by molar-refractivity contribution is -0.145. The highest BCUT2D eigenvalue weighted by Gasteiger charge is 2.40. The summed E-state index contributed by atoms with van der Waals surface area (Å²) in [5.41, 5.74) is 2.02. The third-order valence-electron chi connectivity index (χ3n) is 6.69. The lowest BCUT2D eigenvalue weighted by Gasteiger charge is -2.32. The molecule has 1 aliphatic rings. The normalized spacial score (nSPS) is 14.9. The van der Waals surface area contributed by atoms with E-state index < -0.39 is 23.3 Å². The van der Waals surface area contributed by atoms with Crippen LogP contribution in [0, 0.1) is 5.41 Å². The molecular weight excluding hydrogens is 529 g/mol. The number of alkyl halides is 2. The van der Waals surface area contributed by atoms with Crippen molar-refractivity contribution in [1.29, 1.82) is 0 Å². The monoisotopic (exact) mass is 565 g/mol. The molecule has 0 radical (unpaired) electrons. The number of methoxy groups -OCH3 is 1. The molecule has 1 aromatic rings. The topological polar surface area (TPSA) is 105 Å². The summed E-state index contributed by atoms with van der Waals surface area (Å²) in [4.78, 5) is 53.6. The van der Waals surface area contributed by atoms with Gasteiger partial charge in [-0.05, 0) is 31.5 Å². The molecule has 38 heavy (non-hydrogen) atoms. The summed E-state index contributed by atoms with van der Waals surface area (Å²) in [5.74, 6) is -0.621. The van der Waals surface area contributed by atoms with E-state index in [0.29, 0.717) is 36.0 Å². The van der Waals surface area contributed by atoms with Gasteiger partial charge in [0, 0.05) is 72.6 Å². The average molecular weight is 567 g/mol. The number of hydrogen-bond acceptors (Lipinski definition) is 7. The SMILES string of the molecule is CNC1=C(C)C(=O)C(C)=C(C(C)(C)CC(=O)N[C@@H](Cc2ccc(N(CCCl)CCCl)cc2)C(=O)OC)C1=O. The molecule has 2 N–H and O–H groups in total. The van der Waals surface area contributed by atoms with Crippen LogP contribution in [-0.4, -0.2) is 68.5 Å². The second kappa shape index (κ2) is 13.8. The van der Waals surface area contributed by atoms with Gasteiger partial charge in [-0.3, -0.25) is 14.4 Å². The van der Waals surface area contributed by atoms with Gasteiger partial charge in [0.15, 0.2) is 5.78 Å². The van der Waals surface area contributed by atoms with Crippen molar-refractivity contribution in [2.24, 2.45) is 5.41 Å². The molecule has 0 bridgehead atoms. The third-order valence-corrected chi connectivity index (χ3v) is 7.02. The Morgan fingerprint density at radius 2 is 1.58 bits per heavy atom. The Kier molecular flexibility index (Phi) is 11.4. The van der Waals surface area contributed by atoms with Crippen molar-refractivity contribution in [3.05, 3.63) is 52.2 Å². The molecule has 8 nitrogen and oxygen atoms in total. The molecule has 0 aromatic heterocycles. The quantitative estimate of drug-likeness (QED) is 0.214. The van der Waals surface area contributed by atoms with E-state index >= 15 is 0 Å². The van der Waals surface area contributed by atoms with Gasteiger partial charge in [-0.2, -0.15) is 0 Å². The first-order valence-corrected chi connectivity index (χ1v) is 13.5. The summed E-state index contributed by atoms with van der Waals surface area (Å²) < 4.78 is 4.93. The number of Topliss-reactive ketones (excluding diaryl/α,β-unsaturated/α-hetero) is 2. The van der Waals surface area contributed by atoms with Gasteiger partial charge in [-0.15, -0.1) is 23.2 Å². The van der Waals surface area contributed by atoms with Gasteiger partial charge in [-0.1, -0.05) is 26.0 Å². The number of benzene rings is 1. The van der Waals surface area contributed by atoms with Gasteiger partial charge >= 0.3 is 5.97 Å². The van der Waals surface area contributed by atoms with Gasteiger partial charge in [0.05, 0.1) is 12.8 Å². The van der Waals surface area contributed by atoms with E-state index in [2.05, 4.69) is 15.5 Å². The lowest BCUT2D eigenvalue weighted by Crippen LogP contribution is -2.45. The number of likely N-dealkylation sites (N-methyl/N-ethyl adjacent to an activating group) is 1. The molecule has 1 aromatic carbocycles. The summed E-state index contributed by atoms with van der Waals surface area (Å²) in [7, 11) is 2.85. The van der Waals surface area contributed by atoms with Crippen LogP contribution in [-0.2, 0) is 30.3 Å². The van der Waals surface area contributed by atoms with Gasteiger partial charge in [0.25, 0.3) is 0 Å². The second-order valence-corrected chi connectivity index (χ2v) is 10.6. The summed E-state index contributed by atoms with van der Waals surface area (Å²) in [5, 5.41) is 5.57. The fourth-order valence-corrected chi connectivity index (χ4v) is 5.22. The molecule has 0 heterocycles. The number of amides is 1. The number of nitrogens with zero attached hydrogens (tertiary/aromatic N) is 1. The first kappa shape index (κ1) is 31.4. The van der Waals surface area contributed by atoms with Crippen LogP contribution < -0.4 is 15.5 Å². The fraction of sp³-hybridized carbons (Fsp3) is 0.500. The molecule has 208 valence electrons. The highest BCUT2D eigenvalue weighted by molar-refractivity contribution is 6.25. The summed E-state index contributed by atoms with van der Waals surface area (Å²) in [6.45, 7) is 7.99. The molecule has 1 aliphatic carbocycles. The number of carbonyl (C=O) groups excluding carboxylic acids is 4. The Balaban J connectivity index is 2.20. The minimum Gasteiger partial charge on any atom is -0.467 e. The number of hydrogen-bond donors (Lipinski definition) is 2. The van der Waals surface area contributed by atoms with E-state index in [1.54, 1.807) is 34.7 Å².